The normalized spacial score (nSPS) is 10.6. The van der Waals surface area contributed by atoms with Gasteiger partial charge in [0.1, 0.15) is 5.75 Å². The first-order valence-electron chi connectivity index (χ1n) is 6.64. The zero-order valence-electron chi connectivity index (χ0n) is 12.4. The van der Waals surface area contributed by atoms with Gasteiger partial charge in [-0.05, 0) is 47.9 Å². The van der Waals surface area contributed by atoms with Gasteiger partial charge in [0.15, 0.2) is 0 Å². The van der Waals surface area contributed by atoms with Crippen molar-refractivity contribution in [1.82, 2.24) is 0 Å². The zero-order chi connectivity index (χ0) is 15.2. The van der Waals surface area contributed by atoms with E-state index in [1.54, 1.807) is 19.2 Å². The summed E-state index contributed by atoms with van der Waals surface area (Å²) in [6, 6.07) is 13.3. The fourth-order valence-electron chi connectivity index (χ4n) is 2.03. The van der Waals surface area contributed by atoms with Crippen molar-refractivity contribution in [2.45, 2.75) is 6.92 Å². The van der Waals surface area contributed by atoms with E-state index in [1.165, 1.54) is 7.11 Å². The zero-order valence-corrected chi connectivity index (χ0v) is 12.4. The predicted molar refractivity (Wildman–Crippen MR) is 84.4 cm³/mol. The molecule has 0 saturated carbocycles. The van der Waals surface area contributed by atoms with Crippen molar-refractivity contribution < 1.29 is 14.3 Å². The van der Waals surface area contributed by atoms with Gasteiger partial charge in [0.05, 0.1) is 19.8 Å². The molecule has 0 amide bonds. The fraction of sp³-hybridized carbons (Fsp3) is 0.167. The topological polar surface area (TPSA) is 35.5 Å². The Morgan fingerprint density at radius 2 is 1.62 bits per heavy atom. The Morgan fingerprint density at radius 1 is 0.952 bits per heavy atom. The van der Waals surface area contributed by atoms with Crippen molar-refractivity contribution in [1.29, 1.82) is 0 Å². The summed E-state index contributed by atoms with van der Waals surface area (Å²) >= 11 is 0. The average molecular weight is 282 g/mol. The van der Waals surface area contributed by atoms with Gasteiger partial charge >= 0.3 is 5.97 Å². The first-order valence-corrected chi connectivity index (χ1v) is 6.64. The van der Waals surface area contributed by atoms with E-state index in [4.69, 9.17) is 4.74 Å². The number of ether oxygens (including phenoxy) is 2. The van der Waals surface area contributed by atoms with Gasteiger partial charge in [0.2, 0.25) is 0 Å². The largest absolute Gasteiger partial charge is 0.497 e. The maximum absolute atomic E-state index is 11.4. The van der Waals surface area contributed by atoms with Gasteiger partial charge < -0.3 is 9.47 Å². The van der Waals surface area contributed by atoms with E-state index in [9.17, 15) is 4.79 Å². The summed E-state index contributed by atoms with van der Waals surface area (Å²) in [5.74, 6) is 0.518. The highest BCUT2D eigenvalue weighted by Crippen LogP contribution is 2.18. The van der Waals surface area contributed by atoms with E-state index in [2.05, 4.69) is 10.8 Å². The molecule has 0 aromatic heterocycles. The number of carbonyl (C=O) groups is 1. The van der Waals surface area contributed by atoms with Crippen LogP contribution in [-0.4, -0.2) is 20.2 Å². The first-order chi connectivity index (χ1) is 10.1. The smallest absolute Gasteiger partial charge is 0.337 e. The highest BCUT2D eigenvalue weighted by molar-refractivity contribution is 5.89. The van der Waals surface area contributed by atoms with Crippen molar-refractivity contribution in [2.75, 3.05) is 14.2 Å². The molecule has 0 radical (unpaired) electrons. The van der Waals surface area contributed by atoms with E-state index in [-0.39, 0.29) is 5.97 Å². The molecule has 0 unspecified atom stereocenters. The molecule has 3 nitrogen and oxygen atoms in total. The maximum Gasteiger partial charge on any atom is 0.337 e. The van der Waals surface area contributed by atoms with Gasteiger partial charge in [0.25, 0.3) is 0 Å². The van der Waals surface area contributed by atoms with Crippen molar-refractivity contribution in [2.24, 2.45) is 0 Å². The summed E-state index contributed by atoms with van der Waals surface area (Å²) < 4.78 is 9.93. The molecule has 21 heavy (non-hydrogen) atoms. The van der Waals surface area contributed by atoms with Crippen LogP contribution in [0.2, 0.25) is 0 Å². The summed E-state index contributed by atoms with van der Waals surface area (Å²) in [7, 11) is 3.04. The number of esters is 1. The average Bonchev–Trinajstić information content (AvgIpc) is 2.52. The lowest BCUT2D eigenvalue weighted by molar-refractivity contribution is 0.0600. The molecule has 0 spiro atoms. The highest BCUT2D eigenvalue weighted by atomic mass is 16.5. The van der Waals surface area contributed by atoms with Crippen LogP contribution in [0.15, 0.2) is 42.5 Å². The van der Waals surface area contributed by atoms with E-state index < -0.39 is 0 Å². The van der Waals surface area contributed by atoms with Crippen LogP contribution < -0.4 is 4.74 Å². The maximum atomic E-state index is 11.4. The third-order valence-electron chi connectivity index (χ3n) is 3.11. The van der Waals surface area contributed by atoms with E-state index in [1.807, 2.05) is 43.3 Å². The molecule has 2 aromatic rings. The molecule has 0 saturated heterocycles. The summed E-state index contributed by atoms with van der Waals surface area (Å²) in [5, 5.41) is 0. The molecule has 3 heteroatoms. The van der Waals surface area contributed by atoms with E-state index >= 15 is 0 Å². The van der Waals surface area contributed by atoms with Gasteiger partial charge in [-0.3, -0.25) is 0 Å². The Morgan fingerprint density at radius 3 is 2.24 bits per heavy atom. The van der Waals surface area contributed by atoms with E-state index in [0.29, 0.717) is 5.56 Å². The van der Waals surface area contributed by atoms with Crippen LogP contribution in [0.1, 0.15) is 27.0 Å². The number of aryl methyl sites for hydroxylation is 1. The second-order valence-corrected chi connectivity index (χ2v) is 4.73. The van der Waals surface area contributed by atoms with Gasteiger partial charge in [0, 0.05) is 0 Å². The van der Waals surface area contributed by atoms with Crippen LogP contribution in [0, 0.1) is 6.92 Å². The molecule has 0 bridgehead atoms. The third kappa shape index (κ3) is 3.96. The Balaban J connectivity index is 2.17. The molecule has 0 fully saturated rings. The van der Waals surface area contributed by atoms with Crippen molar-refractivity contribution in [3.05, 3.63) is 64.7 Å². The van der Waals surface area contributed by atoms with Crippen LogP contribution in [0.25, 0.3) is 12.2 Å². The third-order valence-corrected chi connectivity index (χ3v) is 3.11. The molecule has 2 rings (SSSR count). The summed E-state index contributed by atoms with van der Waals surface area (Å²) in [6.07, 6.45) is 4.01. The van der Waals surface area contributed by atoms with Gasteiger partial charge in [-0.25, -0.2) is 4.79 Å². The summed E-state index contributed by atoms with van der Waals surface area (Å²) in [6.45, 7) is 2.03. The second kappa shape index (κ2) is 6.75. The number of rotatable bonds is 4. The Bertz CT molecular complexity index is 655. The molecule has 2 aromatic carbocycles. The molecule has 0 aliphatic carbocycles. The molecule has 0 N–H and O–H groups in total. The lowest BCUT2D eigenvalue weighted by Gasteiger charge is -2.03. The molecule has 0 atom stereocenters. The lowest BCUT2D eigenvalue weighted by atomic mass is 10.1. The fourth-order valence-corrected chi connectivity index (χ4v) is 2.03. The van der Waals surface area contributed by atoms with Gasteiger partial charge in [-0.1, -0.05) is 30.4 Å². The summed E-state index contributed by atoms with van der Waals surface area (Å²) in [4.78, 5) is 11.4. The van der Waals surface area contributed by atoms with Crippen LogP contribution >= 0.6 is 0 Å². The monoisotopic (exact) mass is 282 g/mol. The van der Waals surface area contributed by atoms with Gasteiger partial charge in [-0.15, -0.1) is 0 Å². The summed E-state index contributed by atoms with van der Waals surface area (Å²) in [5.41, 5.74) is 3.79. The number of benzene rings is 2. The van der Waals surface area contributed by atoms with Crippen molar-refractivity contribution in [3.63, 3.8) is 0 Å². The minimum absolute atomic E-state index is 0.325. The van der Waals surface area contributed by atoms with E-state index in [0.717, 1.165) is 22.4 Å². The number of methoxy groups -OCH3 is 2. The van der Waals surface area contributed by atoms with Crippen LogP contribution in [0.3, 0.4) is 0 Å². The Kier molecular flexibility index (Phi) is 4.77. The van der Waals surface area contributed by atoms with Crippen LogP contribution in [-0.2, 0) is 4.74 Å². The van der Waals surface area contributed by atoms with Crippen molar-refractivity contribution >= 4 is 18.1 Å². The number of carbonyl (C=O) groups excluding carboxylic acids is 1. The molecule has 0 heterocycles. The molecular weight excluding hydrogens is 264 g/mol. The van der Waals surface area contributed by atoms with Crippen molar-refractivity contribution in [3.8, 4) is 5.75 Å². The Hall–Kier alpha value is -2.55. The van der Waals surface area contributed by atoms with Gasteiger partial charge in [-0.2, -0.15) is 0 Å². The second-order valence-electron chi connectivity index (χ2n) is 4.73. The number of hydrogen-bond acceptors (Lipinski definition) is 3. The lowest BCUT2D eigenvalue weighted by Crippen LogP contribution is -2.00. The minimum Gasteiger partial charge on any atom is -0.497 e. The standard InChI is InChI=1S/C18H18O3/c1-13-10-15(12-17(11-13)20-2)5-4-14-6-8-16(9-7-14)18(19)21-3/h4-12H,1-3H3. The quantitative estimate of drug-likeness (QED) is 0.629. The Labute approximate surface area is 124 Å². The number of hydrogen-bond donors (Lipinski definition) is 0. The van der Waals surface area contributed by atoms with Crippen LogP contribution in [0.4, 0.5) is 0 Å². The molecule has 108 valence electrons. The minimum atomic E-state index is -0.325. The molecular formula is C18H18O3. The first kappa shape index (κ1) is 14.9. The molecule has 0 aliphatic rings. The van der Waals surface area contributed by atoms with Crippen LogP contribution in [0.5, 0.6) is 5.75 Å². The SMILES string of the molecule is COC(=O)c1ccc(C=Cc2cc(C)cc(OC)c2)cc1. The predicted octanol–water partition coefficient (Wildman–Crippen LogP) is 3.96. The highest BCUT2D eigenvalue weighted by Gasteiger charge is 2.03. The molecule has 0 aliphatic heterocycles.